The van der Waals surface area contributed by atoms with Gasteiger partial charge in [-0.1, -0.05) is 93.9 Å². The van der Waals surface area contributed by atoms with Crippen molar-refractivity contribution in [2.24, 2.45) is 0 Å². The van der Waals surface area contributed by atoms with Gasteiger partial charge in [-0.25, -0.2) is 0 Å². The van der Waals surface area contributed by atoms with Gasteiger partial charge in [0, 0.05) is 32.7 Å². The molecule has 0 fully saturated rings. The lowest BCUT2D eigenvalue weighted by atomic mass is 10.0. The van der Waals surface area contributed by atoms with Crippen molar-refractivity contribution >= 4 is 23.4 Å². The van der Waals surface area contributed by atoms with Gasteiger partial charge in [0.2, 0.25) is 0 Å². The number of hydrogen-bond acceptors (Lipinski definition) is 5. The van der Waals surface area contributed by atoms with Gasteiger partial charge in [-0.3, -0.25) is 9.59 Å². The smallest absolute Gasteiger partial charge is 0.258 e. The summed E-state index contributed by atoms with van der Waals surface area (Å²) in [7, 11) is 1.78. The molecule has 1 heterocycles. The number of benzene rings is 4. The molecule has 1 aliphatic rings. The summed E-state index contributed by atoms with van der Waals surface area (Å²) in [5.74, 6) is 1.42. The molecule has 0 N–H and O–H groups in total. The van der Waals surface area contributed by atoms with Gasteiger partial charge in [0.25, 0.3) is 11.8 Å². The number of unbranched alkanes of at least 4 members (excludes halogenated alkanes) is 1. The number of alkyl halides is 1. The van der Waals surface area contributed by atoms with Crippen LogP contribution in [-0.4, -0.2) is 47.7 Å². The summed E-state index contributed by atoms with van der Waals surface area (Å²) < 4.78 is 18.3. The SMILES string of the molecule is CC.CCCCN(C)C(=O)c1cc(C(=O)N2Cc3ccc(OCCCl)cc3C2)c(OCc2ccccc2)cc1OCc1ccccc1. The highest BCUT2D eigenvalue weighted by molar-refractivity contribution is 6.18. The van der Waals surface area contributed by atoms with Gasteiger partial charge in [-0.15, -0.1) is 11.6 Å². The van der Waals surface area contributed by atoms with Crippen LogP contribution in [0.25, 0.3) is 0 Å². The summed E-state index contributed by atoms with van der Waals surface area (Å²) in [5.41, 5.74) is 4.63. The quantitative estimate of drug-likeness (QED) is 0.127. The average Bonchev–Trinajstić information content (AvgIpc) is 3.56. The van der Waals surface area contributed by atoms with Crippen LogP contribution in [0, 0.1) is 0 Å². The van der Waals surface area contributed by atoms with E-state index in [0.717, 1.165) is 40.8 Å². The van der Waals surface area contributed by atoms with E-state index in [0.29, 0.717) is 54.7 Å². The van der Waals surface area contributed by atoms with Crippen molar-refractivity contribution in [1.82, 2.24) is 9.80 Å². The van der Waals surface area contributed by atoms with E-state index in [1.807, 2.05) is 92.7 Å². The van der Waals surface area contributed by atoms with Crippen LogP contribution in [0.1, 0.15) is 76.6 Å². The van der Waals surface area contributed by atoms with Crippen LogP contribution in [-0.2, 0) is 26.3 Å². The van der Waals surface area contributed by atoms with Gasteiger partial charge in [0.15, 0.2) is 0 Å². The normalized spacial score (nSPS) is 11.6. The molecule has 2 amide bonds. The number of hydrogen-bond donors (Lipinski definition) is 0. The number of rotatable bonds is 14. The Morgan fingerprint density at radius 1 is 0.766 bits per heavy atom. The lowest BCUT2D eigenvalue weighted by molar-refractivity contribution is 0.0746. The molecule has 0 atom stereocenters. The van der Waals surface area contributed by atoms with Crippen LogP contribution in [0.4, 0.5) is 0 Å². The van der Waals surface area contributed by atoms with Gasteiger partial charge in [0.05, 0.1) is 17.0 Å². The Kier molecular flexibility index (Phi) is 13.5. The number of halogens is 1. The first-order chi connectivity index (χ1) is 23.0. The molecule has 47 heavy (non-hydrogen) atoms. The zero-order valence-electron chi connectivity index (χ0n) is 27.8. The van der Waals surface area contributed by atoms with Gasteiger partial charge >= 0.3 is 0 Å². The molecule has 0 unspecified atom stereocenters. The molecule has 0 aliphatic carbocycles. The second-order valence-corrected chi connectivity index (χ2v) is 11.5. The predicted octanol–water partition coefficient (Wildman–Crippen LogP) is 8.52. The summed E-state index contributed by atoms with van der Waals surface area (Å²) in [6, 6.07) is 28.7. The van der Waals surface area contributed by atoms with Crippen molar-refractivity contribution < 1.29 is 23.8 Å². The van der Waals surface area contributed by atoms with Crippen molar-refractivity contribution in [2.45, 2.75) is 59.9 Å². The third kappa shape index (κ3) is 9.52. The number of carbonyl (C=O) groups excluding carboxylic acids is 2. The number of ether oxygens (including phenoxy) is 3. The van der Waals surface area contributed by atoms with Crippen molar-refractivity contribution in [3.05, 3.63) is 124 Å². The predicted molar refractivity (Wildman–Crippen MR) is 187 cm³/mol. The molecule has 0 bridgehead atoms. The Bertz CT molecular complexity index is 1600. The minimum absolute atomic E-state index is 0.207. The van der Waals surface area contributed by atoms with E-state index >= 15 is 0 Å². The Morgan fingerprint density at radius 2 is 1.36 bits per heavy atom. The molecule has 4 aromatic carbocycles. The molecule has 8 heteroatoms. The average molecular weight is 657 g/mol. The van der Waals surface area contributed by atoms with Gasteiger partial charge in [-0.2, -0.15) is 0 Å². The zero-order valence-corrected chi connectivity index (χ0v) is 28.6. The van der Waals surface area contributed by atoms with E-state index in [1.165, 1.54) is 0 Å². The lowest BCUT2D eigenvalue weighted by Gasteiger charge is -2.23. The summed E-state index contributed by atoms with van der Waals surface area (Å²) >= 11 is 5.80. The van der Waals surface area contributed by atoms with E-state index in [4.69, 9.17) is 25.8 Å². The maximum Gasteiger partial charge on any atom is 0.258 e. The van der Waals surface area contributed by atoms with Gasteiger partial charge < -0.3 is 24.0 Å². The first kappa shape index (κ1) is 35.4. The molecule has 0 saturated heterocycles. The van der Waals surface area contributed by atoms with Crippen LogP contribution in [0.3, 0.4) is 0 Å². The van der Waals surface area contributed by atoms with E-state index in [1.54, 1.807) is 29.0 Å². The number of fused-ring (bicyclic) bond motifs is 1. The molecular weight excluding hydrogens is 612 g/mol. The zero-order chi connectivity index (χ0) is 33.6. The molecule has 0 radical (unpaired) electrons. The third-order valence-corrected chi connectivity index (χ3v) is 7.90. The van der Waals surface area contributed by atoms with Crippen molar-refractivity contribution in [1.29, 1.82) is 0 Å². The first-order valence-corrected chi connectivity index (χ1v) is 16.9. The molecule has 7 nitrogen and oxygen atoms in total. The molecular formula is C39H45ClN2O5. The summed E-state index contributed by atoms with van der Waals surface area (Å²) in [6.45, 7) is 8.46. The highest BCUT2D eigenvalue weighted by Crippen LogP contribution is 2.35. The van der Waals surface area contributed by atoms with Crippen LogP contribution >= 0.6 is 11.6 Å². The minimum Gasteiger partial charge on any atom is -0.492 e. The van der Waals surface area contributed by atoms with Gasteiger partial charge in [0.1, 0.15) is 37.1 Å². The maximum absolute atomic E-state index is 14.2. The van der Waals surface area contributed by atoms with E-state index in [-0.39, 0.29) is 25.0 Å². The Labute approximate surface area is 284 Å². The topological polar surface area (TPSA) is 68.3 Å². The monoisotopic (exact) mass is 656 g/mol. The van der Waals surface area contributed by atoms with Crippen LogP contribution in [0.2, 0.25) is 0 Å². The van der Waals surface area contributed by atoms with Crippen molar-refractivity contribution in [3.8, 4) is 17.2 Å². The first-order valence-electron chi connectivity index (χ1n) is 16.3. The molecule has 4 aromatic rings. The Balaban J connectivity index is 0.00000245. The maximum atomic E-state index is 14.2. The van der Waals surface area contributed by atoms with E-state index in [9.17, 15) is 9.59 Å². The largest absolute Gasteiger partial charge is 0.492 e. The molecule has 248 valence electrons. The Morgan fingerprint density at radius 3 is 1.96 bits per heavy atom. The van der Waals surface area contributed by atoms with Crippen LogP contribution in [0.15, 0.2) is 91.0 Å². The summed E-state index contributed by atoms with van der Waals surface area (Å²) in [4.78, 5) is 31.5. The number of amides is 2. The molecule has 1 aliphatic heterocycles. The van der Waals surface area contributed by atoms with Crippen molar-refractivity contribution in [2.75, 3.05) is 26.1 Å². The lowest BCUT2D eigenvalue weighted by Crippen LogP contribution is -2.30. The fraction of sp³-hybridized carbons (Fsp3) is 0.333. The molecule has 0 aromatic heterocycles. The summed E-state index contributed by atoms with van der Waals surface area (Å²) in [6.07, 6.45) is 1.83. The van der Waals surface area contributed by atoms with Crippen LogP contribution < -0.4 is 14.2 Å². The number of carbonyl (C=O) groups is 2. The van der Waals surface area contributed by atoms with E-state index < -0.39 is 0 Å². The Hall–Kier alpha value is -4.49. The second kappa shape index (κ2) is 18.0. The van der Waals surface area contributed by atoms with Gasteiger partial charge in [-0.05, 0) is 46.9 Å². The summed E-state index contributed by atoms with van der Waals surface area (Å²) in [5, 5.41) is 0. The molecule has 0 saturated carbocycles. The fourth-order valence-electron chi connectivity index (χ4n) is 5.24. The molecule has 5 rings (SSSR count). The molecule has 0 spiro atoms. The minimum atomic E-state index is -0.225. The highest BCUT2D eigenvalue weighted by Gasteiger charge is 2.30. The highest BCUT2D eigenvalue weighted by atomic mass is 35.5. The second-order valence-electron chi connectivity index (χ2n) is 11.1. The standard InChI is InChI=1S/C37H39ClN2O5.C2H6/c1-3-4-18-39(2)36(41)32-21-33(37(42)40-23-29-15-16-31(43-19-17-38)20-30(29)24-40)35(45-26-28-13-9-6-10-14-28)22-34(32)44-25-27-11-7-5-8-12-27;1-2/h5-16,20-22H,3-4,17-19,23-26H2,1-2H3;1-2H3. The van der Waals surface area contributed by atoms with E-state index in [2.05, 4.69) is 6.92 Å². The van der Waals surface area contributed by atoms with Crippen molar-refractivity contribution in [3.63, 3.8) is 0 Å². The number of nitrogens with zero attached hydrogens (tertiary/aromatic N) is 2. The van der Waals surface area contributed by atoms with Crippen LogP contribution in [0.5, 0.6) is 17.2 Å². The fourth-order valence-corrected chi connectivity index (χ4v) is 5.32. The third-order valence-electron chi connectivity index (χ3n) is 7.74.